The molecule has 2 aromatic carbocycles. The van der Waals surface area contributed by atoms with E-state index in [0.717, 1.165) is 5.56 Å². The summed E-state index contributed by atoms with van der Waals surface area (Å²) in [5, 5.41) is 4.77. The Morgan fingerprint density at radius 3 is 2.59 bits per heavy atom. The molecule has 0 atom stereocenters. The van der Waals surface area contributed by atoms with Gasteiger partial charge in [-0.1, -0.05) is 23.8 Å². The van der Waals surface area contributed by atoms with Crippen LogP contribution in [0.5, 0.6) is 0 Å². The van der Waals surface area contributed by atoms with Crippen LogP contribution in [-0.2, 0) is 27.3 Å². The Hall–Kier alpha value is -3.08. The van der Waals surface area contributed by atoms with E-state index in [1.54, 1.807) is 18.2 Å². The summed E-state index contributed by atoms with van der Waals surface area (Å²) in [6, 6.07) is 10.8. The predicted octanol–water partition coefficient (Wildman–Crippen LogP) is 3.51. The van der Waals surface area contributed by atoms with Crippen LogP contribution in [-0.4, -0.2) is 34.8 Å². The van der Waals surface area contributed by atoms with Crippen LogP contribution in [0.25, 0.3) is 11.0 Å². The lowest BCUT2D eigenvalue weighted by Gasteiger charge is -2.09. The number of rotatable bonds is 7. The Morgan fingerprint density at radius 2 is 1.84 bits per heavy atom. The van der Waals surface area contributed by atoms with Crippen LogP contribution in [0, 0.1) is 12.7 Å². The second kappa shape index (κ2) is 8.81. The number of anilines is 1. The largest absolute Gasteiger partial charge is 0.383 e. The molecule has 8 nitrogen and oxygen atoms in total. The van der Waals surface area contributed by atoms with Crippen LogP contribution < -0.4 is 5.73 Å². The van der Waals surface area contributed by atoms with Gasteiger partial charge in [0.1, 0.15) is 11.6 Å². The maximum atomic E-state index is 14.2. The van der Waals surface area contributed by atoms with Crippen molar-refractivity contribution in [3.05, 3.63) is 76.5 Å². The van der Waals surface area contributed by atoms with E-state index < -0.39 is 15.9 Å². The second-order valence-corrected chi connectivity index (χ2v) is 9.18. The minimum atomic E-state index is -3.89. The zero-order valence-corrected chi connectivity index (χ0v) is 18.6. The molecule has 2 aromatic heterocycles. The quantitative estimate of drug-likeness (QED) is 0.321. The molecule has 0 spiro atoms. The molecule has 0 aliphatic heterocycles. The molecule has 0 unspecified atom stereocenters. The monoisotopic (exact) mass is 475 g/mol. The highest BCUT2D eigenvalue weighted by atomic mass is 35.5. The van der Waals surface area contributed by atoms with E-state index in [4.69, 9.17) is 21.5 Å². The van der Waals surface area contributed by atoms with Gasteiger partial charge in [0.15, 0.2) is 5.65 Å². The van der Waals surface area contributed by atoms with Crippen molar-refractivity contribution in [1.29, 1.82) is 0 Å². The summed E-state index contributed by atoms with van der Waals surface area (Å²) in [5.41, 5.74) is 8.41. The Balaban J connectivity index is 1.48. The number of hydrogen-bond acceptors (Lipinski definition) is 7. The maximum absolute atomic E-state index is 14.2. The summed E-state index contributed by atoms with van der Waals surface area (Å²) in [6.07, 6.45) is 1.72. The van der Waals surface area contributed by atoms with Crippen molar-refractivity contribution < 1.29 is 17.0 Å². The molecular formula is C21H19ClFN5O3S. The van der Waals surface area contributed by atoms with Gasteiger partial charge in [-0.05, 0) is 60.3 Å². The third-order valence-electron chi connectivity index (χ3n) is 4.79. The number of nitrogen functional groups attached to an aromatic ring is 1. The Kier molecular flexibility index (Phi) is 6.09. The van der Waals surface area contributed by atoms with Gasteiger partial charge in [-0.2, -0.15) is 18.5 Å². The van der Waals surface area contributed by atoms with E-state index in [1.807, 2.05) is 6.92 Å². The fraction of sp³-hybridized carbons (Fsp3) is 0.190. The molecule has 0 bridgehead atoms. The SMILES string of the molecule is Cc1ccc(S(=O)(=O)OCCc2cc(F)cc(Cn3ncc4c(N)nc(Cl)nc43)c2)cc1. The van der Waals surface area contributed by atoms with Gasteiger partial charge in [-0.25, -0.2) is 14.1 Å². The van der Waals surface area contributed by atoms with Gasteiger partial charge >= 0.3 is 0 Å². The fourth-order valence-electron chi connectivity index (χ4n) is 3.23. The molecule has 32 heavy (non-hydrogen) atoms. The van der Waals surface area contributed by atoms with E-state index in [9.17, 15) is 12.8 Å². The first-order chi connectivity index (χ1) is 15.2. The van der Waals surface area contributed by atoms with Crippen LogP contribution in [0.3, 0.4) is 0 Å². The van der Waals surface area contributed by atoms with Crippen LogP contribution in [0.15, 0.2) is 53.6 Å². The number of nitrogens with zero attached hydrogens (tertiary/aromatic N) is 4. The maximum Gasteiger partial charge on any atom is 0.296 e. The molecule has 4 aromatic rings. The van der Waals surface area contributed by atoms with Crippen molar-refractivity contribution in [2.75, 3.05) is 12.3 Å². The molecule has 11 heteroatoms. The average Bonchev–Trinajstić information content (AvgIpc) is 3.10. The minimum absolute atomic E-state index is 0.0105. The molecule has 2 N–H and O–H groups in total. The summed E-state index contributed by atoms with van der Waals surface area (Å²) in [7, 11) is -3.89. The molecule has 166 valence electrons. The number of nitrogens with two attached hydrogens (primary N) is 1. The first-order valence-corrected chi connectivity index (χ1v) is 11.4. The summed E-state index contributed by atoms with van der Waals surface area (Å²) in [6.45, 7) is 1.95. The second-order valence-electron chi connectivity index (χ2n) is 7.22. The highest BCUT2D eigenvalue weighted by Gasteiger charge is 2.15. The summed E-state index contributed by atoms with van der Waals surface area (Å²) >= 11 is 5.89. The number of fused-ring (bicyclic) bond motifs is 1. The third kappa shape index (κ3) is 4.87. The van der Waals surface area contributed by atoms with E-state index in [0.29, 0.717) is 22.2 Å². The molecule has 0 radical (unpaired) electrons. The van der Waals surface area contributed by atoms with Crippen molar-refractivity contribution in [3.8, 4) is 0 Å². The van der Waals surface area contributed by atoms with Crippen LogP contribution in [0.4, 0.5) is 10.2 Å². The molecule has 0 saturated carbocycles. The molecule has 0 aliphatic rings. The lowest BCUT2D eigenvalue weighted by molar-refractivity contribution is 0.322. The molecule has 0 aliphatic carbocycles. The minimum Gasteiger partial charge on any atom is -0.383 e. The average molecular weight is 476 g/mol. The molecular weight excluding hydrogens is 457 g/mol. The van der Waals surface area contributed by atoms with Crippen molar-refractivity contribution in [2.45, 2.75) is 24.8 Å². The Labute approximate surface area is 188 Å². The van der Waals surface area contributed by atoms with E-state index >= 15 is 0 Å². The van der Waals surface area contributed by atoms with Gasteiger partial charge in [0, 0.05) is 0 Å². The zero-order chi connectivity index (χ0) is 22.9. The lowest BCUT2D eigenvalue weighted by atomic mass is 10.1. The fourth-order valence-corrected chi connectivity index (χ4v) is 4.31. The number of halogens is 2. The van der Waals surface area contributed by atoms with E-state index in [1.165, 1.54) is 35.1 Å². The van der Waals surface area contributed by atoms with Crippen LogP contribution in [0.2, 0.25) is 5.28 Å². The molecule has 0 fully saturated rings. The normalized spacial score (nSPS) is 11.8. The van der Waals surface area contributed by atoms with Gasteiger partial charge < -0.3 is 5.73 Å². The standard InChI is InChI=1S/C21H19ClFN5O3S/c1-13-2-4-17(5-3-13)32(29,30)31-7-6-14-8-15(10-16(23)9-14)12-28-20-18(11-25-28)19(24)26-21(22)27-20/h2-5,8-11H,6-7,12H2,1H3,(H2,24,26,27). The lowest BCUT2D eigenvalue weighted by Crippen LogP contribution is -2.10. The van der Waals surface area contributed by atoms with Crippen molar-refractivity contribution in [2.24, 2.45) is 0 Å². The van der Waals surface area contributed by atoms with Gasteiger partial charge in [0.2, 0.25) is 5.28 Å². The summed E-state index contributed by atoms with van der Waals surface area (Å²) in [4.78, 5) is 8.11. The smallest absolute Gasteiger partial charge is 0.296 e. The number of aromatic nitrogens is 4. The van der Waals surface area contributed by atoms with Crippen molar-refractivity contribution >= 4 is 38.6 Å². The molecule has 4 rings (SSSR count). The number of hydrogen-bond donors (Lipinski definition) is 1. The van der Waals surface area contributed by atoms with Crippen molar-refractivity contribution in [3.63, 3.8) is 0 Å². The molecule has 0 amide bonds. The Morgan fingerprint density at radius 1 is 1.12 bits per heavy atom. The van der Waals surface area contributed by atoms with Crippen molar-refractivity contribution in [1.82, 2.24) is 19.7 Å². The summed E-state index contributed by atoms with van der Waals surface area (Å²) < 4.78 is 45.5. The first kappa shape index (κ1) is 22.1. The highest BCUT2D eigenvalue weighted by molar-refractivity contribution is 7.86. The molecule has 2 heterocycles. The van der Waals surface area contributed by atoms with Gasteiger partial charge in [-0.15, -0.1) is 0 Å². The topological polar surface area (TPSA) is 113 Å². The third-order valence-corrected chi connectivity index (χ3v) is 6.28. The number of aryl methyl sites for hydroxylation is 1. The van der Waals surface area contributed by atoms with E-state index in [2.05, 4.69) is 15.1 Å². The van der Waals surface area contributed by atoms with Gasteiger partial charge in [0.25, 0.3) is 10.1 Å². The van der Waals surface area contributed by atoms with Gasteiger partial charge in [-0.3, -0.25) is 4.18 Å². The van der Waals surface area contributed by atoms with Gasteiger partial charge in [0.05, 0.1) is 29.6 Å². The summed E-state index contributed by atoms with van der Waals surface area (Å²) in [5.74, 6) is -0.249. The molecule has 0 saturated heterocycles. The first-order valence-electron chi connectivity index (χ1n) is 9.60. The highest BCUT2D eigenvalue weighted by Crippen LogP contribution is 2.21. The van der Waals surface area contributed by atoms with E-state index in [-0.39, 0.29) is 35.6 Å². The predicted molar refractivity (Wildman–Crippen MR) is 118 cm³/mol. The van der Waals surface area contributed by atoms with Crippen LogP contribution >= 0.6 is 11.6 Å². The zero-order valence-electron chi connectivity index (χ0n) is 17.0. The van der Waals surface area contributed by atoms with Crippen LogP contribution in [0.1, 0.15) is 16.7 Å². The number of benzene rings is 2. The Bertz CT molecular complexity index is 1390.